The average Bonchev–Trinajstić information content (AvgIpc) is 2.80. The number of fused-ring (bicyclic) bond motifs is 1. The van der Waals surface area contributed by atoms with Crippen LogP contribution in [-0.4, -0.2) is 32.4 Å². The molecule has 0 atom stereocenters. The fourth-order valence-corrected chi connectivity index (χ4v) is 5.51. The number of amides is 1. The Kier molecular flexibility index (Phi) is 6.48. The number of nitrogens with one attached hydrogen (secondary N) is 1. The van der Waals surface area contributed by atoms with Crippen LogP contribution in [0.4, 0.5) is 11.4 Å². The van der Waals surface area contributed by atoms with E-state index in [1.54, 1.807) is 55.6 Å². The van der Waals surface area contributed by atoms with Crippen LogP contribution in [0.5, 0.6) is 5.75 Å². The lowest BCUT2D eigenvalue weighted by atomic mass is 10.2. The van der Waals surface area contributed by atoms with Crippen LogP contribution in [0, 0.1) is 0 Å². The number of carbonyl (C=O) groups is 1. The molecule has 1 aliphatic heterocycles. The molecule has 0 bridgehead atoms. The number of hydrogen-bond donors (Lipinski definition) is 1. The van der Waals surface area contributed by atoms with Gasteiger partial charge in [-0.3, -0.25) is 4.79 Å². The minimum absolute atomic E-state index is 0.000973. The predicted molar refractivity (Wildman–Crippen MR) is 128 cm³/mol. The zero-order valence-corrected chi connectivity index (χ0v) is 18.9. The van der Waals surface area contributed by atoms with E-state index in [4.69, 9.17) is 4.74 Å². The summed E-state index contributed by atoms with van der Waals surface area (Å²) in [5, 5.41) is 3.06. The number of benzene rings is 3. The van der Waals surface area contributed by atoms with E-state index in [1.807, 2.05) is 35.2 Å². The number of thioether (sulfide) groups is 1. The van der Waals surface area contributed by atoms with Gasteiger partial charge in [-0.25, -0.2) is 0 Å². The van der Waals surface area contributed by atoms with Gasteiger partial charge in [-0.05, 0) is 29.8 Å². The van der Waals surface area contributed by atoms with Crippen LogP contribution in [0.2, 0.25) is 0 Å². The number of anilines is 2. The van der Waals surface area contributed by atoms with Crippen LogP contribution in [0.15, 0.2) is 88.2 Å². The van der Waals surface area contributed by atoms with Crippen molar-refractivity contribution >= 4 is 44.2 Å². The van der Waals surface area contributed by atoms with Gasteiger partial charge in [0.1, 0.15) is 10.6 Å². The van der Waals surface area contributed by atoms with Gasteiger partial charge in [0.05, 0.1) is 25.1 Å². The summed E-state index contributed by atoms with van der Waals surface area (Å²) in [6, 6.07) is 23.5. The SMILES string of the molecule is COc1cccc(NC(=O)CSC2=NS(=O)(=O)c3ccccc3N2Cc2ccccc2)c1. The predicted octanol–water partition coefficient (Wildman–Crippen LogP) is 4.13. The highest BCUT2D eigenvalue weighted by atomic mass is 32.2. The Balaban J connectivity index is 1.56. The second-order valence-electron chi connectivity index (χ2n) is 6.96. The van der Waals surface area contributed by atoms with Crippen molar-refractivity contribution in [3.05, 3.63) is 84.4 Å². The second kappa shape index (κ2) is 9.46. The van der Waals surface area contributed by atoms with Crippen LogP contribution in [0.1, 0.15) is 5.56 Å². The van der Waals surface area contributed by atoms with E-state index >= 15 is 0 Å². The number of ether oxygens (including phenoxy) is 1. The zero-order chi connectivity index (χ0) is 22.6. The van der Waals surface area contributed by atoms with Crippen molar-refractivity contribution in [3.8, 4) is 5.75 Å². The zero-order valence-electron chi connectivity index (χ0n) is 17.3. The number of nitrogens with zero attached hydrogens (tertiary/aromatic N) is 2. The van der Waals surface area contributed by atoms with Gasteiger partial charge in [-0.1, -0.05) is 60.3 Å². The summed E-state index contributed by atoms with van der Waals surface area (Å²) in [6.45, 7) is 0.427. The minimum Gasteiger partial charge on any atom is -0.497 e. The van der Waals surface area contributed by atoms with Crippen molar-refractivity contribution in [1.82, 2.24) is 0 Å². The van der Waals surface area contributed by atoms with Crippen molar-refractivity contribution in [2.45, 2.75) is 11.4 Å². The summed E-state index contributed by atoms with van der Waals surface area (Å²) in [5.74, 6) is 0.352. The first-order valence-corrected chi connectivity index (χ1v) is 12.2. The Labute approximate surface area is 191 Å². The lowest BCUT2D eigenvalue weighted by Gasteiger charge is -2.30. The van der Waals surface area contributed by atoms with Crippen LogP contribution >= 0.6 is 11.8 Å². The molecule has 0 saturated carbocycles. The van der Waals surface area contributed by atoms with Crippen molar-refractivity contribution in [3.63, 3.8) is 0 Å². The first-order valence-electron chi connectivity index (χ1n) is 9.78. The molecule has 0 aliphatic carbocycles. The lowest BCUT2D eigenvalue weighted by Crippen LogP contribution is -2.34. The van der Waals surface area contributed by atoms with Crippen LogP contribution < -0.4 is 15.0 Å². The largest absolute Gasteiger partial charge is 0.497 e. The maximum absolute atomic E-state index is 12.7. The molecule has 32 heavy (non-hydrogen) atoms. The third-order valence-corrected chi connectivity index (χ3v) is 7.14. The number of hydrogen-bond acceptors (Lipinski definition) is 6. The monoisotopic (exact) mass is 467 g/mol. The molecule has 4 rings (SSSR count). The van der Waals surface area contributed by atoms with Crippen LogP contribution in [0.25, 0.3) is 0 Å². The number of carbonyl (C=O) groups excluding carboxylic acids is 1. The number of sulfonamides is 1. The smallest absolute Gasteiger partial charge is 0.286 e. The van der Waals surface area contributed by atoms with Gasteiger partial charge in [-0.15, -0.1) is 4.40 Å². The summed E-state index contributed by atoms with van der Waals surface area (Å²) >= 11 is 1.08. The van der Waals surface area contributed by atoms with Crippen molar-refractivity contribution in [2.75, 3.05) is 23.1 Å². The molecule has 1 amide bonds. The highest BCUT2D eigenvalue weighted by Crippen LogP contribution is 2.35. The summed E-state index contributed by atoms with van der Waals surface area (Å²) < 4.78 is 34.7. The molecule has 1 aliphatic rings. The van der Waals surface area contributed by atoms with Crippen molar-refractivity contribution < 1.29 is 17.9 Å². The van der Waals surface area contributed by atoms with Crippen molar-refractivity contribution in [1.29, 1.82) is 0 Å². The van der Waals surface area contributed by atoms with Gasteiger partial charge >= 0.3 is 0 Å². The quantitative estimate of drug-likeness (QED) is 0.586. The molecule has 0 saturated heterocycles. The normalized spacial score (nSPS) is 14.3. The minimum atomic E-state index is -3.85. The number of rotatable bonds is 6. The van der Waals surface area contributed by atoms with Gasteiger partial charge in [0, 0.05) is 11.8 Å². The van der Waals surface area contributed by atoms with E-state index in [1.165, 1.54) is 0 Å². The Morgan fingerprint density at radius 1 is 1.03 bits per heavy atom. The molecule has 7 nitrogen and oxygen atoms in total. The molecule has 1 N–H and O–H groups in total. The van der Waals surface area contributed by atoms with E-state index in [0.29, 0.717) is 23.7 Å². The fourth-order valence-electron chi connectivity index (χ4n) is 3.25. The van der Waals surface area contributed by atoms with Gasteiger partial charge in [0.15, 0.2) is 5.17 Å². The fraction of sp³-hybridized carbons (Fsp3) is 0.130. The van der Waals surface area contributed by atoms with E-state index in [2.05, 4.69) is 9.71 Å². The van der Waals surface area contributed by atoms with Crippen molar-refractivity contribution in [2.24, 2.45) is 4.40 Å². The van der Waals surface area contributed by atoms with E-state index in [9.17, 15) is 13.2 Å². The molecule has 164 valence electrons. The summed E-state index contributed by atoms with van der Waals surface area (Å²) in [7, 11) is -2.30. The summed E-state index contributed by atoms with van der Waals surface area (Å²) in [4.78, 5) is 14.5. The van der Waals surface area contributed by atoms with Gasteiger partial charge in [0.2, 0.25) is 5.91 Å². The second-order valence-corrected chi connectivity index (χ2v) is 9.47. The molecule has 0 unspecified atom stereocenters. The summed E-state index contributed by atoms with van der Waals surface area (Å²) in [5.41, 5.74) is 2.14. The molecule has 0 spiro atoms. The molecular weight excluding hydrogens is 446 g/mol. The average molecular weight is 468 g/mol. The highest BCUT2D eigenvalue weighted by Gasteiger charge is 2.31. The Bertz CT molecular complexity index is 1260. The van der Waals surface area contributed by atoms with E-state index in [-0.39, 0.29) is 21.7 Å². The first kappa shape index (κ1) is 21.9. The van der Waals surface area contributed by atoms with E-state index in [0.717, 1.165) is 17.3 Å². The number of amidine groups is 1. The lowest BCUT2D eigenvalue weighted by molar-refractivity contribution is -0.113. The van der Waals surface area contributed by atoms with Crippen LogP contribution in [-0.2, 0) is 21.4 Å². The Morgan fingerprint density at radius 3 is 2.56 bits per heavy atom. The third-order valence-electron chi connectivity index (χ3n) is 4.73. The molecule has 3 aromatic rings. The standard InChI is InChI=1S/C23H21N3O4S2/c1-30-19-11-7-10-18(14-19)24-22(27)16-31-23-25-32(28,29)21-13-6-5-12-20(21)26(23)15-17-8-3-2-4-9-17/h2-14H,15-16H2,1H3,(H,24,27). The molecule has 0 aromatic heterocycles. The van der Waals surface area contributed by atoms with E-state index < -0.39 is 10.0 Å². The molecule has 0 fully saturated rings. The maximum atomic E-state index is 12.7. The Morgan fingerprint density at radius 2 is 1.78 bits per heavy atom. The third kappa shape index (κ3) is 4.95. The van der Waals surface area contributed by atoms with Crippen LogP contribution in [0.3, 0.4) is 0 Å². The molecule has 1 heterocycles. The Hall–Kier alpha value is -3.30. The summed E-state index contributed by atoms with van der Waals surface area (Å²) in [6.07, 6.45) is 0. The topological polar surface area (TPSA) is 88.1 Å². The first-order chi connectivity index (χ1) is 15.5. The number of para-hydroxylation sites is 1. The van der Waals surface area contributed by atoms with Gasteiger partial charge < -0.3 is 15.0 Å². The molecule has 9 heteroatoms. The molecule has 0 radical (unpaired) electrons. The molecular formula is C23H21N3O4S2. The molecule has 3 aromatic carbocycles. The highest BCUT2D eigenvalue weighted by molar-refractivity contribution is 8.15. The maximum Gasteiger partial charge on any atom is 0.286 e. The number of methoxy groups -OCH3 is 1. The van der Waals surface area contributed by atoms with Gasteiger partial charge in [0.25, 0.3) is 10.0 Å². The van der Waals surface area contributed by atoms with Gasteiger partial charge in [-0.2, -0.15) is 8.42 Å².